The van der Waals surface area contributed by atoms with Gasteiger partial charge in [-0.25, -0.2) is 8.42 Å². The van der Waals surface area contributed by atoms with E-state index >= 15 is 0 Å². The van der Waals surface area contributed by atoms with Crippen molar-refractivity contribution in [3.8, 4) is 11.8 Å². The van der Waals surface area contributed by atoms with E-state index in [0.29, 0.717) is 5.56 Å². The number of sulfonamides is 1. The third-order valence-electron chi connectivity index (χ3n) is 3.12. The molecule has 0 saturated heterocycles. The highest BCUT2D eigenvalue weighted by molar-refractivity contribution is 7.92. The van der Waals surface area contributed by atoms with E-state index in [1.54, 1.807) is 12.1 Å². The van der Waals surface area contributed by atoms with Crippen LogP contribution in [0.1, 0.15) is 11.1 Å². The molecule has 0 atom stereocenters. The van der Waals surface area contributed by atoms with Crippen LogP contribution in [0, 0.1) is 11.3 Å². The van der Waals surface area contributed by atoms with Crippen molar-refractivity contribution in [1.82, 2.24) is 0 Å². The number of nitrogens with one attached hydrogen (secondary N) is 1. The van der Waals surface area contributed by atoms with E-state index in [1.165, 1.54) is 37.4 Å². The van der Waals surface area contributed by atoms with Crippen molar-refractivity contribution >= 4 is 21.7 Å². The van der Waals surface area contributed by atoms with Gasteiger partial charge in [0.15, 0.2) is 0 Å². The predicted molar refractivity (Wildman–Crippen MR) is 86.3 cm³/mol. The number of ether oxygens (including phenoxy) is 1. The molecule has 7 nitrogen and oxygen atoms in total. The van der Waals surface area contributed by atoms with Crippen LogP contribution in [0.3, 0.4) is 0 Å². The van der Waals surface area contributed by atoms with Gasteiger partial charge >= 0.3 is 5.97 Å². The third-order valence-corrected chi connectivity index (χ3v) is 4.54. The molecule has 2 aromatic carbocycles. The van der Waals surface area contributed by atoms with Crippen LogP contribution in [0.25, 0.3) is 0 Å². The first-order valence-electron chi connectivity index (χ1n) is 6.77. The Kier molecular flexibility index (Phi) is 5.06. The van der Waals surface area contributed by atoms with Crippen molar-refractivity contribution in [2.24, 2.45) is 0 Å². The SMILES string of the molecule is COc1cc(C#N)ccc1S(=O)(=O)Nc1cccc(CC(=O)O)c1. The summed E-state index contributed by atoms with van der Waals surface area (Å²) in [6, 6.07) is 12.0. The highest BCUT2D eigenvalue weighted by Crippen LogP contribution is 2.27. The average Bonchev–Trinajstić information content (AvgIpc) is 2.53. The number of anilines is 1. The molecule has 0 spiro atoms. The Labute approximate surface area is 139 Å². The molecule has 0 aliphatic rings. The Balaban J connectivity index is 2.36. The molecular formula is C16H14N2O5S. The standard InChI is InChI=1S/C16H14N2O5S/c1-23-14-8-12(10-17)5-6-15(14)24(21,22)18-13-4-2-3-11(7-13)9-16(19)20/h2-8,18H,9H2,1H3,(H,19,20). The minimum atomic E-state index is -3.96. The van der Waals surface area contributed by atoms with Crippen LogP contribution in [0.4, 0.5) is 5.69 Å². The fourth-order valence-corrected chi connectivity index (χ4v) is 3.29. The van der Waals surface area contributed by atoms with Crippen LogP contribution in [0.2, 0.25) is 0 Å². The number of carboxylic acid groups (broad SMARTS) is 1. The number of hydrogen-bond donors (Lipinski definition) is 2. The highest BCUT2D eigenvalue weighted by Gasteiger charge is 2.20. The molecule has 0 aliphatic heterocycles. The lowest BCUT2D eigenvalue weighted by Gasteiger charge is -2.12. The van der Waals surface area contributed by atoms with Crippen molar-refractivity contribution < 1.29 is 23.1 Å². The molecule has 8 heteroatoms. The summed E-state index contributed by atoms with van der Waals surface area (Å²) >= 11 is 0. The lowest BCUT2D eigenvalue weighted by atomic mass is 10.1. The predicted octanol–water partition coefficient (Wildman–Crippen LogP) is 1.99. The van der Waals surface area contributed by atoms with E-state index in [1.807, 2.05) is 6.07 Å². The third kappa shape index (κ3) is 4.02. The monoisotopic (exact) mass is 346 g/mol. The zero-order valence-corrected chi connectivity index (χ0v) is 13.5. The maximum Gasteiger partial charge on any atom is 0.307 e. The molecule has 24 heavy (non-hydrogen) atoms. The number of nitriles is 1. The molecular weight excluding hydrogens is 332 g/mol. The molecule has 0 unspecified atom stereocenters. The Morgan fingerprint density at radius 3 is 2.67 bits per heavy atom. The summed E-state index contributed by atoms with van der Waals surface area (Å²) in [5.41, 5.74) is 0.976. The maximum atomic E-state index is 12.5. The topological polar surface area (TPSA) is 116 Å². The van der Waals surface area contributed by atoms with E-state index < -0.39 is 16.0 Å². The summed E-state index contributed by atoms with van der Waals surface area (Å²) < 4.78 is 32.5. The Morgan fingerprint density at radius 2 is 2.04 bits per heavy atom. The van der Waals surface area contributed by atoms with Crippen LogP contribution in [-0.4, -0.2) is 26.6 Å². The lowest BCUT2D eigenvalue weighted by molar-refractivity contribution is -0.136. The van der Waals surface area contributed by atoms with Crippen LogP contribution in [0.5, 0.6) is 5.75 Å². The average molecular weight is 346 g/mol. The van der Waals surface area contributed by atoms with Gasteiger partial charge in [-0.15, -0.1) is 0 Å². The second-order valence-corrected chi connectivity index (χ2v) is 6.50. The van der Waals surface area contributed by atoms with Crippen molar-refractivity contribution in [3.63, 3.8) is 0 Å². The van der Waals surface area contributed by atoms with Crippen LogP contribution in [-0.2, 0) is 21.2 Å². The molecule has 0 bridgehead atoms. The Morgan fingerprint density at radius 1 is 1.29 bits per heavy atom. The maximum absolute atomic E-state index is 12.5. The van der Waals surface area contributed by atoms with Crippen LogP contribution in [0.15, 0.2) is 47.4 Å². The Bertz CT molecular complexity index is 916. The summed E-state index contributed by atoms with van der Waals surface area (Å²) in [6.07, 6.45) is -0.213. The first kappa shape index (κ1) is 17.3. The van der Waals surface area contributed by atoms with E-state index in [0.717, 1.165) is 0 Å². The number of hydrogen-bond acceptors (Lipinski definition) is 5. The van der Waals surface area contributed by atoms with Crippen molar-refractivity contribution in [1.29, 1.82) is 5.26 Å². The zero-order chi connectivity index (χ0) is 17.7. The zero-order valence-electron chi connectivity index (χ0n) is 12.7. The highest BCUT2D eigenvalue weighted by atomic mass is 32.2. The number of carboxylic acids is 1. The van der Waals surface area contributed by atoms with Crippen molar-refractivity contribution in [2.45, 2.75) is 11.3 Å². The summed E-state index contributed by atoms with van der Waals surface area (Å²) in [5, 5.41) is 17.7. The number of rotatable bonds is 6. The van der Waals surface area contributed by atoms with E-state index in [2.05, 4.69) is 4.72 Å². The second kappa shape index (κ2) is 7.02. The van der Waals surface area contributed by atoms with Gasteiger partial charge in [0.1, 0.15) is 10.6 Å². The summed E-state index contributed by atoms with van der Waals surface area (Å²) in [6.45, 7) is 0. The lowest BCUT2D eigenvalue weighted by Crippen LogP contribution is -2.14. The molecule has 2 aromatic rings. The van der Waals surface area contributed by atoms with E-state index in [-0.39, 0.29) is 28.3 Å². The van der Waals surface area contributed by atoms with Gasteiger partial charge in [-0.3, -0.25) is 9.52 Å². The summed E-state index contributed by atoms with van der Waals surface area (Å²) in [4.78, 5) is 10.6. The normalized spacial score (nSPS) is 10.7. The minimum Gasteiger partial charge on any atom is -0.495 e. The number of carbonyl (C=O) groups is 1. The van der Waals surface area contributed by atoms with Gasteiger partial charge in [0.2, 0.25) is 0 Å². The fraction of sp³-hybridized carbons (Fsp3) is 0.125. The molecule has 2 rings (SSSR count). The van der Waals surface area contributed by atoms with Gasteiger partial charge < -0.3 is 9.84 Å². The largest absolute Gasteiger partial charge is 0.495 e. The van der Waals surface area contributed by atoms with E-state index in [4.69, 9.17) is 15.1 Å². The van der Waals surface area contributed by atoms with Crippen LogP contribution >= 0.6 is 0 Å². The van der Waals surface area contributed by atoms with Gasteiger partial charge in [0, 0.05) is 5.69 Å². The minimum absolute atomic E-state index is 0.0447. The number of methoxy groups -OCH3 is 1. The van der Waals surface area contributed by atoms with Crippen molar-refractivity contribution in [2.75, 3.05) is 11.8 Å². The fourth-order valence-electron chi connectivity index (χ4n) is 2.09. The van der Waals surface area contributed by atoms with Gasteiger partial charge in [-0.2, -0.15) is 5.26 Å². The number of nitrogens with zero attached hydrogens (tertiary/aromatic N) is 1. The number of aliphatic carboxylic acids is 1. The molecule has 124 valence electrons. The number of benzene rings is 2. The Hall–Kier alpha value is -3.05. The first-order chi connectivity index (χ1) is 11.4. The molecule has 0 heterocycles. The quantitative estimate of drug-likeness (QED) is 0.826. The van der Waals surface area contributed by atoms with Gasteiger partial charge in [-0.05, 0) is 35.9 Å². The molecule has 0 amide bonds. The van der Waals surface area contributed by atoms with E-state index in [9.17, 15) is 13.2 Å². The molecule has 0 saturated carbocycles. The smallest absolute Gasteiger partial charge is 0.307 e. The molecule has 0 aliphatic carbocycles. The molecule has 0 aromatic heterocycles. The van der Waals surface area contributed by atoms with Gasteiger partial charge in [-0.1, -0.05) is 12.1 Å². The molecule has 2 N–H and O–H groups in total. The summed E-state index contributed by atoms with van der Waals surface area (Å²) in [7, 11) is -2.65. The van der Waals surface area contributed by atoms with Crippen LogP contribution < -0.4 is 9.46 Å². The summed E-state index contributed by atoms with van der Waals surface area (Å²) in [5.74, 6) is -0.966. The molecule has 0 radical (unpaired) electrons. The molecule has 0 fully saturated rings. The first-order valence-corrected chi connectivity index (χ1v) is 8.25. The van der Waals surface area contributed by atoms with Crippen molar-refractivity contribution in [3.05, 3.63) is 53.6 Å². The van der Waals surface area contributed by atoms with Gasteiger partial charge in [0.05, 0.1) is 25.2 Å². The second-order valence-electron chi connectivity index (χ2n) is 4.85. The van der Waals surface area contributed by atoms with Gasteiger partial charge in [0.25, 0.3) is 10.0 Å².